The number of carbonyl (C=O) groups excluding carboxylic acids is 2. The van der Waals surface area contributed by atoms with Crippen molar-refractivity contribution < 1.29 is 32.1 Å². The Morgan fingerprint density at radius 3 is 2.34 bits per heavy atom. The SMILES string of the molecule is CCC(C)NC(=O)C(Cc1ccccc1)N(Cc1ccccc1F)C(=O)CN(c1cc(Cl)ccc1OC)S(=O)(=O)c1ccc(C)c([N+](=O)[O-])c1. The Morgan fingerprint density at radius 1 is 1.02 bits per heavy atom. The highest BCUT2D eigenvalue weighted by atomic mass is 35.5. The van der Waals surface area contributed by atoms with Gasteiger partial charge in [-0.3, -0.25) is 24.0 Å². The van der Waals surface area contributed by atoms with Crippen LogP contribution in [0.2, 0.25) is 5.02 Å². The van der Waals surface area contributed by atoms with Gasteiger partial charge in [-0.1, -0.05) is 73.1 Å². The van der Waals surface area contributed by atoms with E-state index in [1.54, 1.807) is 43.3 Å². The standard InChI is InChI=1S/C36H38ClFN4O7S/c1-5-25(3)39-36(44)33(19-26-11-7-6-8-12-26)40(22-27-13-9-10-14-30(27)38)35(43)23-41(32-20-28(37)16-18-34(32)49-4)50(47,48)29-17-15-24(2)31(21-29)42(45)46/h6-18,20-21,25,33H,5,19,22-23H2,1-4H3,(H,39,44). The number of carbonyl (C=O) groups is 2. The number of methoxy groups -OCH3 is 1. The predicted molar refractivity (Wildman–Crippen MR) is 189 cm³/mol. The summed E-state index contributed by atoms with van der Waals surface area (Å²) in [7, 11) is -3.44. The maximum absolute atomic E-state index is 15.2. The lowest BCUT2D eigenvalue weighted by Crippen LogP contribution is -2.54. The molecule has 11 nitrogen and oxygen atoms in total. The molecule has 0 saturated heterocycles. The molecule has 0 aliphatic carbocycles. The molecule has 0 spiro atoms. The summed E-state index contributed by atoms with van der Waals surface area (Å²) in [5.74, 6) is -1.97. The summed E-state index contributed by atoms with van der Waals surface area (Å²) in [6.07, 6.45) is 0.620. The van der Waals surface area contributed by atoms with E-state index >= 15 is 4.39 Å². The molecule has 0 aliphatic heterocycles. The summed E-state index contributed by atoms with van der Waals surface area (Å²) in [6, 6.07) is 20.8. The Hall–Kier alpha value is -5.01. The molecule has 0 aliphatic rings. The fourth-order valence-corrected chi connectivity index (χ4v) is 6.85. The lowest BCUT2D eigenvalue weighted by molar-refractivity contribution is -0.385. The molecule has 50 heavy (non-hydrogen) atoms. The lowest BCUT2D eigenvalue weighted by Gasteiger charge is -2.34. The van der Waals surface area contributed by atoms with Crippen LogP contribution in [0.3, 0.4) is 0 Å². The average molecular weight is 725 g/mol. The quantitative estimate of drug-likeness (QED) is 0.110. The number of nitro groups is 1. The van der Waals surface area contributed by atoms with Crippen LogP contribution in [-0.4, -0.2) is 55.8 Å². The van der Waals surface area contributed by atoms with Crippen molar-refractivity contribution in [3.8, 4) is 5.75 Å². The van der Waals surface area contributed by atoms with Crippen LogP contribution in [0.5, 0.6) is 5.75 Å². The van der Waals surface area contributed by atoms with Crippen molar-refractivity contribution in [3.05, 3.63) is 129 Å². The molecule has 0 fully saturated rings. The number of benzene rings is 4. The van der Waals surface area contributed by atoms with E-state index in [2.05, 4.69) is 5.32 Å². The van der Waals surface area contributed by atoms with Crippen molar-refractivity contribution in [3.63, 3.8) is 0 Å². The van der Waals surface area contributed by atoms with E-state index in [0.717, 1.165) is 15.3 Å². The van der Waals surface area contributed by atoms with Crippen LogP contribution in [0, 0.1) is 22.9 Å². The van der Waals surface area contributed by atoms with Gasteiger partial charge in [0.2, 0.25) is 11.8 Å². The van der Waals surface area contributed by atoms with Gasteiger partial charge in [-0.15, -0.1) is 0 Å². The maximum atomic E-state index is 15.2. The van der Waals surface area contributed by atoms with Crippen molar-refractivity contribution in [1.82, 2.24) is 10.2 Å². The second-order valence-electron chi connectivity index (χ2n) is 11.7. The Balaban J connectivity index is 1.90. The minimum Gasteiger partial charge on any atom is -0.495 e. The number of amides is 2. The molecule has 2 unspecified atom stereocenters. The van der Waals surface area contributed by atoms with Crippen LogP contribution < -0.4 is 14.4 Å². The third-order valence-corrected chi connectivity index (χ3v) is 10.2. The predicted octanol–water partition coefficient (Wildman–Crippen LogP) is 6.45. The monoisotopic (exact) mass is 724 g/mol. The molecule has 0 radical (unpaired) electrons. The summed E-state index contributed by atoms with van der Waals surface area (Å²) in [5, 5.41) is 14.8. The molecule has 4 rings (SSSR count). The number of nitrogens with one attached hydrogen (secondary N) is 1. The largest absolute Gasteiger partial charge is 0.495 e. The number of sulfonamides is 1. The Labute approximate surface area is 295 Å². The zero-order valence-electron chi connectivity index (χ0n) is 28.0. The number of halogens is 2. The fourth-order valence-electron chi connectivity index (χ4n) is 5.25. The van der Waals surface area contributed by atoms with Gasteiger partial charge in [0.05, 0.1) is 22.6 Å². The summed E-state index contributed by atoms with van der Waals surface area (Å²) < 4.78 is 50.2. The van der Waals surface area contributed by atoms with Gasteiger partial charge in [0.25, 0.3) is 15.7 Å². The molecule has 0 heterocycles. The van der Waals surface area contributed by atoms with Crippen molar-refractivity contribution >= 4 is 44.8 Å². The molecule has 0 saturated carbocycles. The zero-order valence-corrected chi connectivity index (χ0v) is 29.6. The topological polar surface area (TPSA) is 139 Å². The molecule has 2 amide bonds. The highest BCUT2D eigenvalue weighted by Crippen LogP contribution is 2.36. The number of aryl methyl sites for hydroxylation is 1. The van der Waals surface area contributed by atoms with Gasteiger partial charge in [-0.05, 0) is 56.2 Å². The zero-order chi connectivity index (χ0) is 36.6. The first-order valence-corrected chi connectivity index (χ1v) is 17.6. The number of ether oxygens (including phenoxy) is 1. The van der Waals surface area contributed by atoms with Gasteiger partial charge in [0, 0.05) is 41.2 Å². The van der Waals surface area contributed by atoms with E-state index in [-0.39, 0.29) is 46.6 Å². The van der Waals surface area contributed by atoms with Crippen molar-refractivity contribution in [2.24, 2.45) is 0 Å². The highest BCUT2D eigenvalue weighted by molar-refractivity contribution is 7.92. The summed E-state index contributed by atoms with van der Waals surface area (Å²) in [6.45, 7) is 3.87. The Kier molecular flexibility index (Phi) is 12.5. The number of nitro benzene ring substituents is 1. The number of anilines is 1. The number of rotatable bonds is 15. The van der Waals surface area contributed by atoms with Crippen molar-refractivity contribution in [2.75, 3.05) is 18.0 Å². The van der Waals surface area contributed by atoms with E-state index in [4.69, 9.17) is 16.3 Å². The van der Waals surface area contributed by atoms with E-state index in [1.165, 1.54) is 62.6 Å². The third-order valence-electron chi connectivity index (χ3n) is 8.22. The number of hydrogen-bond acceptors (Lipinski definition) is 7. The second kappa shape index (κ2) is 16.6. The van der Waals surface area contributed by atoms with Gasteiger partial charge < -0.3 is 15.0 Å². The summed E-state index contributed by atoms with van der Waals surface area (Å²) >= 11 is 6.31. The molecular formula is C36H38ClFN4O7S. The minimum atomic E-state index is -4.75. The molecule has 4 aromatic carbocycles. The molecule has 0 aromatic heterocycles. The normalized spacial score (nSPS) is 12.4. The maximum Gasteiger partial charge on any atom is 0.273 e. The van der Waals surface area contributed by atoms with Gasteiger partial charge in [0.1, 0.15) is 24.2 Å². The first-order chi connectivity index (χ1) is 23.8. The first kappa shape index (κ1) is 37.8. The van der Waals surface area contributed by atoms with Crippen LogP contribution in [-0.2, 0) is 32.6 Å². The Morgan fingerprint density at radius 2 is 1.70 bits per heavy atom. The molecule has 4 aromatic rings. The number of nitrogens with zero attached hydrogens (tertiary/aromatic N) is 3. The van der Waals surface area contributed by atoms with Crippen molar-refractivity contribution in [1.29, 1.82) is 0 Å². The van der Waals surface area contributed by atoms with E-state index in [0.29, 0.717) is 12.0 Å². The van der Waals surface area contributed by atoms with Crippen LogP contribution in [0.1, 0.15) is 37.0 Å². The van der Waals surface area contributed by atoms with Crippen LogP contribution in [0.4, 0.5) is 15.8 Å². The first-order valence-electron chi connectivity index (χ1n) is 15.7. The molecular weight excluding hydrogens is 687 g/mol. The van der Waals surface area contributed by atoms with E-state index < -0.39 is 55.7 Å². The third kappa shape index (κ3) is 8.96. The average Bonchev–Trinajstić information content (AvgIpc) is 3.09. The highest BCUT2D eigenvalue weighted by Gasteiger charge is 2.37. The lowest BCUT2D eigenvalue weighted by atomic mass is 10.0. The van der Waals surface area contributed by atoms with Crippen LogP contribution in [0.25, 0.3) is 0 Å². The van der Waals surface area contributed by atoms with Crippen LogP contribution >= 0.6 is 11.6 Å². The molecule has 264 valence electrons. The number of hydrogen-bond donors (Lipinski definition) is 1. The Bertz CT molecular complexity index is 1960. The van der Waals surface area contributed by atoms with E-state index in [9.17, 15) is 28.1 Å². The van der Waals surface area contributed by atoms with Crippen molar-refractivity contribution in [2.45, 2.75) is 57.1 Å². The second-order valence-corrected chi connectivity index (χ2v) is 14.0. The fraction of sp³-hybridized carbons (Fsp3) is 0.278. The summed E-state index contributed by atoms with van der Waals surface area (Å²) in [4.78, 5) is 40.4. The molecule has 0 bridgehead atoms. The summed E-state index contributed by atoms with van der Waals surface area (Å²) in [5.41, 5.74) is 0.451. The molecule has 14 heteroatoms. The van der Waals surface area contributed by atoms with Crippen LogP contribution in [0.15, 0.2) is 95.9 Å². The van der Waals surface area contributed by atoms with Gasteiger partial charge in [-0.2, -0.15) is 0 Å². The molecule has 1 N–H and O–H groups in total. The smallest absolute Gasteiger partial charge is 0.273 e. The van der Waals surface area contributed by atoms with Gasteiger partial charge in [0.15, 0.2) is 0 Å². The van der Waals surface area contributed by atoms with E-state index in [1.807, 2.05) is 6.92 Å². The molecule has 2 atom stereocenters. The van der Waals surface area contributed by atoms with Gasteiger partial charge in [-0.25, -0.2) is 12.8 Å². The minimum absolute atomic E-state index is 0.0285. The van der Waals surface area contributed by atoms with Gasteiger partial charge >= 0.3 is 0 Å².